The van der Waals surface area contributed by atoms with Gasteiger partial charge in [-0.2, -0.15) is 5.26 Å². The van der Waals surface area contributed by atoms with Gasteiger partial charge in [0.25, 0.3) is 0 Å². The van der Waals surface area contributed by atoms with Gasteiger partial charge in [0.15, 0.2) is 0 Å². The Bertz CT molecular complexity index is 507. The van der Waals surface area contributed by atoms with Crippen LogP contribution in [0.4, 0.5) is 0 Å². The van der Waals surface area contributed by atoms with Crippen LogP contribution in [0.1, 0.15) is 30.0 Å². The van der Waals surface area contributed by atoms with E-state index in [0.29, 0.717) is 5.69 Å². The van der Waals surface area contributed by atoms with E-state index in [4.69, 9.17) is 11.0 Å². The van der Waals surface area contributed by atoms with Gasteiger partial charge in [0.05, 0.1) is 6.04 Å². The van der Waals surface area contributed by atoms with Gasteiger partial charge in [-0.15, -0.1) is 11.3 Å². The fourth-order valence-electron chi connectivity index (χ4n) is 1.97. The summed E-state index contributed by atoms with van der Waals surface area (Å²) in [4.78, 5) is 1.20. The molecule has 0 aliphatic carbocycles. The Morgan fingerprint density at radius 3 is 2.88 bits per heavy atom. The Hall–Kier alpha value is -1.57. The molecule has 2 rings (SSSR count). The highest BCUT2D eigenvalue weighted by Crippen LogP contribution is 2.28. The largest absolute Gasteiger partial charge is 0.330 e. The summed E-state index contributed by atoms with van der Waals surface area (Å²) < 4.78 is 1.97. The molecule has 0 fully saturated rings. The number of aromatic nitrogens is 1. The van der Waals surface area contributed by atoms with Crippen LogP contribution < -0.4 is 5.73 Å². The zero-order valence-electron chi connectivity index (χ0n) is 9.71. The molecule has 2 heterocycles. The Labute approximate surface area is 105 Å². The van der Waals surface area contributed by atoms with E-state index in [-0.39, 0.29) is 12.1 Å². The average Bonchev–Trinajstić information content (AvgIpc) is 3.00. The first-order valence-corrected chi connectivity index (χ1v) is 6.51. The second kappa shape index (κ2) is 5.17. The molecule has 4 heteroatoms. The first kappa shape index (κ1) is 11.9. The van der Waals surface area contributed by atoms with Crippen LogP contribution in [-0.4, -0.2) is 10.6 Å². The second-order valence-corrected chi connectivity index (χ2v) is 4.92. The Morgan fingerprint density at radius 1 is 1.47 bits per heavy atom. The molecule has 0 aliphatic heterocycles. The monoisotopic (exact) mass is 245 g/mol. The van der Waals surface area contributed by atoms with Crippen LogP contribution in [0, 0.1) is 11.3 Å². The van der Waals surface area contributed by atoms with Crippen LogP contribution in [-0.2, 0) is 0 Å². The molecule has 2 aromatic rings. The smallest absolute Gasteiger partial charge is 0.120 e. The first-order valence-electron chi connectivity index (χ1n) is 5.63. The highest BCUT2D eigenvalue weighted by Gasteiger charge is 2.22. The summed E-state index contributed by atoms with van der Waals surface area (Å²) in [6.07, 6.45) is 2.81. The summed E-state index contributed by atoms with van der Waals surface area (Å²) in [6, 6.07) is 10.1. The zero-order chi connectivity index (χ0) is 12.3. The molecule has 0 aliphatic rings. The van der Waals surface area contributed by atoms with Gasteiger partial charge < -0.3 is 10.3 Å². The van der Waals surface area contributed by atoms with E-state index < -0.39 is 0 Å². The molecule has 3 nitrogen and oxygen atoms in total. The number of nitrogens with two attached hydrogens (primary N) is 1. The molecule has 88 valence electrons. The third-order valence-corrected chi connectivity index (χ3v) is 3.85. The van der Waals surface area contributed by atoms with E-state index in [2.05, 4.69) is 19.1 Å². The third-order valence-electron chi connectivity index (χ3n) is 2.90. The lowest BCUT2D eigenvalue weighted by Crippen LogP contribution is -2.32. The lowest BCUT2D eigenvalue weighted by Gasteiger charge is -2.24. The maximum Gasteiger partial charge on any atom is 0.120 e. The molecule has 2 unspecified atom stereocenters. The minimum absolute atomic E-state index is 0.0214. The van der Waals surface area contributed by atoms with Gasteiger partial charge in [-0.05, 0) is 30.0 Å². The van der Waals surface area contributed by atoms with Crippen LogP contribution in [0.25, 0.3) is 0 Å². The van der Waals surface area contributed by atoms with Crippen molar-refractivity contribution in [3.63, 3.8) is 0 Å². The van der Waals surface area contributed by atoms with Gasteiger partial charge in [0, 0.05) is 17.1 Å². The fourth-order valence-corrected chi connectivity index (χ4v) is 2.87. The highest BCUT2D eigenvalue weighted by molar-refractivity contribution is 7.10. The van der Waals surface area contributed by atoms with Crippen molar-refractivity contribution in [3.05, 3.63) is 46.4 Å². The third kappa shape index (κ3) is 2.26. The average molecular weight is 245 g/mol. The van der Waals surface area contributed by atoms with Crippen molar-refractivity contribution in [2.45, 2.75) is 25.4 Å². The molecule has 0 saturated heterocycles. The Morgan fingerprint density at radius 2 is 2.29 bits per heavy atom. The molecule has 0 aromatic carbocycles. The van der Waals surface area contributed by atoms with Crippen molar-refractivity contribution >= 4 is 11.3 Å². The van der Waals surface area contributed by atoms with Crippen LogP contribution in [0.15, 0.2) is 35.8 Å². The molecule has 0 bridgehead atoms. The molecule has 0 amide bonds. The molecular weight excluding hydrogens is 230 g/mol. The summed E-state index contributed by atoms with van der Waals surface area (Å²) in [7, 11) is 0. The molecule has 2 N–H and O–H groups in total. The van der Waals surface area contributed by atoms with E-state index in [1.54, 1.807) is 11.3 Å². The topological polar surface area (TPSA) is 54.7 Å². The van der Waals surface area contributed by atoms with Gasteiger partial charge in [-0.3, -0.25) is 0 Å². The fraction of sp³-hybridized carbons (Fsp3) is 0.308. The van der Waals surface area contributed by atoms with Gasteiger partial charge in [-0.25, -0.2) is 0 Å². The van der Waals surface area contributed by atoms with Gasteiger partial charge in [0.2, 0.25) is 0 Å². The number of rotatable bonds is 4. The summed E-state index contributed by atoms with van der Waals surface area (Å²) in [5.41, 5.74) is 6.86. The van der Waals surface area contributed by atoms with Crippen LogP contribution in [0.5, 0.6) is 0 Å². The quantitative estimate of drug-likeness (QED) is 0.900. The molecular formula is C13H15N3S. The maximum atomic E-state index is 9.10. The molecule has 2 atom stereocenters. The Kier molecular flexibility index (Phi) is 3.62. The molecule has 2 aromatic heterocycles. The number of nitrogens with zero attached hydrogens (tertiary/aromatic N) is 2. The lowest BCUT2D eigenvalue weighted by atomic mass is 10.0. The van der Waals surface area contributed by atoms with E-state index in [9.17, 15) is 0 Å². The summed E-state index contributed by atoms with van der Waals surface area (Å²) in [5, 5.41) is 11.1. The van der Waals surface area contributed by atoms with Crippen molar-refractivity contribution in [1.29, 1.82) is 5.26 Å². The van der Waals surface area contributed by atoms with Crippen molar-refractivity contribution in [3.8, 4) is 6.07 Å². The van der Waals surface area contributed by atoms with E-state index in [1.165, 1.54) is 4.88 Å². The van der Waals surface area contributed by atoms with E-state index in [0.717, 1.165) is 6.42 Å². The number of hydrogen-bond donors (Lipinski definition) is 1. The predicted octanol–water partition coefficient (Wildman–Crippen LogP) is 2.75. The highest BCUT2D eigenvalue weighted by atomic mass is 32.1. The minimum Gasteiger partial charge on any atom is -0.330 e. The molecule has 0 saturated carbocycles. The minimum atomic E-state index is 0.0214. The SMILES string of the molecule is CCC(N)C(c1cccs1)n1cccc1C#N. The molecule has 0 radical (unpaired) electrons. The molecule has 0 spiro atoms. The zero-order valence-corrected chi connectivity index (χ0v) is 10.5. The van der Waals surface area contributed by atoms with Crippen LogP contribution >= 0.6 is 11.3 Å². The van der Waals surface area contributed by atoms with E-state index in [1.807, 2.05) is 34.3 Å². The van der Waals surface area contributed by atoms with Crippen molar-refractivity contribution in [2.24, 2.45) is 5.73 Å². The van der Waals surface area contributed by atoms with Crippen LogP contribution in [0.3, 0.4) is 0 Å². The normalized spacial score (nSPS) is 14.2. The summed E-state index contributed by atoms with van der Waals surface area (Å²) in [5.74, 6) is 0. The number of thiophene rings is 1. The van der Waals surface area contributed by atoms with Gasteiger partial charge in [0.1, 0.15) is 11.8 Å². The van der Waals surface area contributed by atoms with Crippen molar-refractivity contribution in [1.82, 2.24) is 4.57 Å². The first-order chi connectivity index (χ1) is 8.27. The van der Waals surface area contributed by atoms with Crippen molar-refractivity contribution < 1.29 is 0 Å². The standard InChI is InChI=1S/C13H15N3S/c1-2-11(15)13(12-6-4-8-17-12)16-7-3-5-10(16)9-14/h3-8,11,13H,2,15H2,1H3. The molecule has 17 heavy (non-hydrogen) atoms. The summed E-state index contributed by atoms with van der Waals surface area (Å²) >= 11 is 1.68. The maximum absolute atomic E-state index is 9.10. The van der Waals surface area contributed by atoms with Gasteiger partial charge in [-0.1, -0.05) is 13.0 Å². The van der Waals surface area contributed by atoms with Crippen molar-refractivity contribution in [2.75, 3.05) is 0 Å². The number of nitriles is 1. The lowest BCUT2D eigenvalue weighted by molar-refractivity contribution is 0.463. The predicted molar refractivity (Wildman–Crippen MR) is 69.9 cm³/mol. The number of hydrogen-bond acceptors (Lipinski definition) is 3. The van der Waals surface area contributed by atoms with E-state index >= 15 is 0 Å². The second-order valence-electron chi connectivity index (χ2n) is 3.94. The summed E-state index contributed by atoms with van der Waals surface area (Å²) in [6.45, 7) is 2.07. The van der Waals surface area contributed by atoms with Crippen LogP contribution in [0.2, 0.25) is 0 Å². The van der Waals surface area contributed by atoms with Gasteiger partial charge >= 0.3 is 0 Å². The Balaban J connectivity index is 2.45.